The van der Waals surface area contributed by atoms with Crippen molar-refractivity contribution in [2.24, 2.45) is 0 Å². The van der Waals surface area contributed by atoms with Gasteiger partial charge in [0.05, 0.1) is 0 Å². The van der Waals surface area contributed by atoms with E-state index in [9.17, 15) is 4.57 Å². The van der Waals surface area contributed by atoms with Gasteiger partial charge in [-0.2, -0.15) is 0 Å². The summed E-state index contributed by atoms with van der Waals surface area (Å²) in [6.45, 7) is 8.48. The first-order chi connectivity index (χ1) is 9.84. The SMILES string of the molecule is C[Si](C)(O[P+](=O)[Si](C)(C)c1ccccc1)c1ccccc1. The maximum atomic E-state index is 12.9. The summed E-state index contributed by atoms with van der Waals surface area (Å²) >= 11 is 0. The van der Waals surface area contributed by atoms with Gasteiger partial charge in [0.15, 0.2) is 0 Å². The predicted molar refractivity (Wildman–Crippen MR) is 95.8 cm³/mol. The van der Waals surface area contributed by atoms with Crippen molar-refractivity contribution in [1.29, 1.82) is 0 Å². The summed E-state index contributed by atoms with van der Waals surface area (Å²) in [7, 11) is -5.90. The highest BCUT2D eigenvalue weighted by atomic mass is 31.4. The third-order valence-corrected chi connectivity index (χ3v) is 14.9. The van der Waals surface area contributed by atoms with Crippen molar-refractivity contribution in [3.63, 3.8) is 0 Å². The maximum absolute atomic E-state index is 12.9. The summed E-state index contributed by atoms with van der Waals surface area (Å²) in [5.41, 5.74) is 0. The van der Waals surface area contributed by atoms with E-state index in [1.807, 2.05) is 36.4 Å². The zero-order chi connectivity index (χ0) is 15.5. The zero-order valence-corrected chi connectivity index (χ0v) is 15.9. The fraction of sp³-hybridized carbons (Fsp3) is 0.250. The molecule has 21 heavy (non-hydrogen) atoms. The second-order valence-electron chi connectivity index (χ2n) is 6.15. The molecule has 0 saturated heterocycles. The summed E-state index contributed by atoms with van der Waals surface area (Å²) in [6.07, 6.45) is 0. The van der Waals surface area contributed by atoms with E-state index in [2.05, 4.69) is 50.5 Å². The smallest absolute Gasteiger partial charge is 0.209 e. The van der Waals surface area contributed by atoms with Gasteiger partial charge in [0.25, 0.3) is 8.32 Å². The molecule has 0 spiro atoms. The molecule has 0 amide bonds. The Labute approximate surface area is 130 Å². The minimum Gasteiger partial charge on any atom is -0.209 e. The van der Waals surface area contributed by atoms with Crippen LogP contribution in [-0.2, 0) is 8.78 Å². The molecule has 0 aromatic heterocycles. The number of hydrogen-bond acceptors (Lipinski definition) is 2. The Morgan fingerprint density at radius 1 is 0.762 bits per heavy atom. The van der Waals surface area contributed by atoms with E-state index in [4.69, 9.17) is 4.21 Å². The molecule has 0 aliphatic heterocycles. The first-order valence-electron chi connectivity index (χ1n) is 7.11. The predicted octanol–water partition coefficient (Wildman–Crippen LogP) is 3.97. The zero-order valence-electron chi connectivity index (χ0n) is 13.0. The second kappa shape index (κ2) is 6.36. The average Bonchev–Trinajstić information content (AvgIpc) is 2.48. The molecule has 5 heteroatoms. The molecule has 2 aromatic carbocycles. The van der Waals surface area contributed by atoms with E-state index < -0.39 is 23.6 Å². The third-order valence-electron chi connectivity index (χ3n) is 3.72. The summed E-state index contributed by atoms with van der Waals surface area (Å²) in [5, 5.41) is 2.37. The topological polar surface area (TPSA) is 26.3 Å². The lowest BCUT2D eigenvalue weighted by atomic mass is 10.4. The molecule has 0 radical (unpaired) electrons. The van der Waals surface area contributed by atoms with Crippen LogP contribution in [-0.4, -0.2) is 16.1 Å². The largest absolute Gasteiger partial charge is 0.425 e. The minimum atomic E-state index is -2.13. The normalized spacial score (nSPS) is 13.0. The number of benzene rings is 2. The summed E-state index contributed by atoms with van der Waals surface area (Å²) in [6, 6.07) is 20.3. The van der Waals surface area contributed by atoms with Gasteiger partial charge in [-0.05, 0) is 36.6 Å². The van der Waals surface area contributed by atoms with Crippen molar-refractivity contribution < 1.29 is 8.78 Å². The van der Waals surface area contributed by atoms with Gasteiger partial charge >= 0.3 is 15.3 Å². The Hall–Kier alpha value is -1.07. The summed E-state index contributed by atoms with van der Waals surface area (Å²) < 4.78 is 19.0. The van der Waals surface area contributed by atoms with E-state index >= 15 is 0 Å². The highest BCUT2D eigenvalue weighted by Crippen LogP contribution is 2.38. The van der Waals surface area contributed by atoms with Gasteiger partial charge < -0.3 is 0 Å². The first-order valence-corrected chi connectivity index (χ1v) is 15.0. The Morgan fingerprint density at radius 2 is 1.19 bits per heavy atom. The first kappa shape index (κ1) is 16.3. The van der Waals surface area contributed by atoms with Crippen LogP contribution in [0.25, 0.3) is 0 Å². The molecule has 1 unspecified atom stereocenters. The molecular weight excluding hydrogens is 311 g/mol. The summed E-state index contributed by atoms with van der Waals surface area (Å²) in [5.74, 6) is 0. The van der Waals surface area contributed by atoms with E-state index in [-0.39, 0.29) is 0 Å². The molecular formula is C16H22O2PSi2+. The molecule has 2 rings (SSSR count). The van der Waals surface area contributed by atoms with Crippen LogP contribution >= 0.6 is 7.58 Å². The van der Waals surface area contributed by atoms with Gasteiger partial charge in [-0.15, -0.1) is 0 Å². The molecule has 0 aliphatic carbocycles. The Morgan fingerprint density at radius 3 is 1.67 bits per heavy atom. The highest BCUT2D eigenvalue weighted by molar-refractivity contribution is 7.86. The van der Waals surface area contributed by atoms with Crippen LogP contribution in [0.4, 0.5) is 0 Å². The third kappa shape index (κ3) is 3.77. The molecule has 0 saturated carbocycles. The van der Waals surface area contributed by atoms with Crippen LogP contribution in [0, 0.1) is 0 Å². The fourth-order valence-electron chi connectivity index (χ4n) is 2.17. The minimum absolute atomic E-state index is 1.18. The Bertz CT molecular complexity index is 613. The van der Waals surface area contributed by atoms with Gasteiger partial charge in [-0.1, -0.05) is 65.2 Å². The van der Waals surface area contributed by atoms with Crippen LogP contribution in [0.3, 0.4) is 0 Å². The lowest BCUT2D eigenvalue weighted by molar-refractivity contribution is 0.520. The molecule has 0 N–H and O–H groups in total. The number of hydrogen-bond donors (Lipinski definition) is 0. The van der Waals surface area contributed by atoms with Crippen molar-refractivity contribution in [3.8, 4) is 0 Å². The van der Waals surface area contributed by atoms with Crippen molar-refractivity contribution >= 4 is 34.0 Å². The van der Waals surface area contributed by atoms with E-state index in [0.717, 1.165) is 0 Å². The quantitative estimate of drug-likeness (QED) is 0.611. The summed E-state index contributed by atoms with van der Waals surface area (Å²) in [4.78, 5) is 0. The molecule has 1 atom stereocenters. The molecule has 2 aromatic rings. The van der Waals surface area contributed by atoms with Gasteiger partial charge in [0.2, 0.25) is 0 Å². The lowest BCUT2D eigenvalue weighted by Crippen LogP contribution is -2.46. The van der Waals surface area contributed by atoms with Crippen molar-refractivity contribution in [3.05, 3.63) is 60.7 Å². The molecule has 0 aliphatic rings. The van der Waals surface area contributed by atoms with Crippen LogP contribution in [0.1, 0.15) is 0 Å². The molecule has 2 nitrogen and oxygen atoms in total. The number of rotatable bonds is 5. The van der Waals surface area contributed by atoms with Crippen molar-refractivity contribution in [2.75, 3.05) is 0 Å². The van der Waals surface area contributed by atoms with Crippen LogP contribution in [0.2, 0.25) is 26.2 Å². The maximum Gasteiger partial charge on any atom is 0.425 e. The highest BCUT2D eigenvalue weighted by Gasteiger charge is 2.51. The van der Waals surface area contributed by atoms with Gasteiger partial charge in [0.1, 0.15) is 0 Å². The van der Waals surface area contributed by atoms with E-state index in [1.165, 1.54) is 10.4 Å². The van der Waals surface area contributed by atoms with E-state index in [0.29, 0.717) is 0 Å². The van der Waals surface area contributed by atoms with E-state index in [1.54, 1.807) is 0 Å². The van der Waals surface area contributed by atoms with Gasteiger partial charge in [-0.25, -0.2) is 4.21 Å². The van der Waals surface area contributed by atoms with Crippen molar-refractivity contribution in [1.82, 2.24) is 0 Å². The van der Waals surface area contributed by atoms with Crippen LogP contribution in [0.5, 0.6) is 0 Å². The van der Waals surface area contributed by atoms with Gasteiger partial charge in [0, 0.05) is 0 Å². The van der Waals surface area contributed by atoms with Crippen molar-refractivity contribution in [2.45, 2.75) is 26.2 Å². The van der Waals surface area contributed by atoms with Crippen LogP contribution < -0.4 is 10.4 Å². The standard InChI is InChI=1S/C16H22O2PSi2/c1-20(2,15-11-7-5-8-12-15)18-19(17)21(3,4)16-13-9-6-10-14-16/h5-14H,1-4H3/q+1. The second-order valence-corrected chi connectivity index (χ2v) is 19.1. The molecule has 0 bridgehead atoms. The molecule has 0 heterocycles. The Kier molecular flexibility index (Phi) is 4.94. The molecule has 110 valence electrons. The monoisotopic (exact) mass is 333 g/mol. The Balaban J connectivity index is 2.21. The molecule has 0 fully saturated rings. The lowest BCUT2D eigenvalue weighted by Gasteiger charge is -2.19. The average molecular weight is 333 g/mol. The van der Waals surface area contributed by atoms with Gasteiger partial charge in [-0.3, -0.25) is 0 Å². The fourth-order valence-corrected chi connectivity index (χ4v) is 12.6. The van der Waals surface area contributed by atoms with Crippen LogP contribution in [0.15, 0.2) is 60.7 Å².